The van der Waals surface area contributed by atoms with Gasteiger partial charge in [0.1, 0.15) is 0 Å². The Balaban J connectivity index is 1.82. The van der Waals surface area contributed by atoms with E-state index in [2.05, 4.69) is 39.9 Å². The molecule has 0 amide bonds. The van der Waals surface area contributed by atoms with Crippen molar-refractivity contribution in [3.8, 4) is 0 Å². The van der Waals surface area contributed by atoms with E-state index in [1.54, 1.807) is 11.3 Å². The number of thiophene rings is 1. The summed E-state index contributed by atoms with van der Waals surface area (Å²) >= 11 is 8.29. The quantitative estimate of drug-likeness (QED) is 0.851. The van der Waals surface area contributed by atoms with Crippen LogP contribution < -0.4 is 10.6 Å². The number of hydrogen-bond donors (Lipinski definition) is 1. The van der Waals surface area contributed by atoms with E-state index in [1.807, 2.05) is 6.92 Å². The highest BCUT2D eigenvalue weighted by Gasteiger charge is 2.30. The molecule has 1 aliphatic carbocycles. The first kappa shape index (κ1) is 14.9. The van der Waals surface area contributed by atoms with Gasteiger partial charge in [0, 0.05) is 18.6 Å². The van der Waals surface area contributed by atoms with Gasteiger partial charge in [-0.3, -0.25) is 0 Å². The molecule has 1 aromatic carbocycles. The third-order valence-electron chi connectivity index (χ3n) is 3.80. The van der Waals surface area contributed by atoms with Gasteiger partial charge < -0.3 is 10.6 Å². The van der Waals surface area contributed by atoms with Gasteiger partial charge in [0.2, 0.25) is 0 Å². The van der Waals surface area contributed by atoms with E-state index in [9.17, 15) is 0 Å². The summed E-state index contributed by atoms with van der Waals surface area (Å²) in [7, 11) is 0. The molecule has 21 heavy (non-hydrogen) atoms. The SMILES string of the molecule is CC(N)Cc1ccc(N(Cc2ccsc2)C2CC2)c(Cl)c1. The molecule has 1 saturated carbocycles. The molecule has 1 aliphatic rings. The summed E-state index contributed by atoms with van der Waals surface area (Å²) in [6.07, 6.45) is 3.40. The largest absolute Gasteiger partial charge is 0.363 e. The highest BCUT2D eigenvalue weighted by Crippen LogP contribution is 2.37. The maximum Gasteiger partial charge on any atom is 0.0642 e. The van der Waals surface area contributed by atoms with Gasteiger partial charge in [0.15, 0.2) is 0 Å². The number of nitrogens with zero attached hydrogens (tertiary/aromatic N) is 1. The predicted octanol–water partition coefficient (Wildman–Crippen LogP) is 4.46. The first-order valence-corrected chi connectivity index (χ1v) is 8.77. The maximum atomic E-state index is 6.54. The van der Waals surface area contributed by atoms with Crippen molar-refractivity contribution < 1.29 is 0 Å². The van der Waals surface area contributed by atoms with Crippen molar-refractivity contribution in [1.82, 2.24) is 0 Å². The third-order valence-corrected chi connectivity index (χ3v) is 4.83. The van der Waals surface area contributed by atoms with Crippen LogP contribution in [0.25, 0.3) is 0 Å². The first-order valence-electron chi connectivity index (χ1n) is 7.45. The Bertz CT molecular complexity index is 591. The van der Waals surface area contributed by atoms with Crippen molar-refractivity contribution in [2.75, 3.05) is 4.90 Å². The molecule has 1 unspecified atom stereocenters. The maximum absolute atomic E-state index is 6.54. The molecule has 1 fully saturated rings. The van der Waals surface area contributed by atoms with Crippen molar-refractivity contribution in [2.24, 2.45) is 5.73 Å². The molecule has 0 aliphatic heterocycles. The minimum atomic E-state index is 0.164. The van der Waals surface area contributed by atoms with Crippen LogP contribution in [0.5, 0.6) is 0 Å². The minimum absolute atomic E-state index is 0.164. The van der Waals surface area contributed by atoms with Crippen LogP contribution in [-0.4, -0.2) is 12.1 Å². The fourth-order valence-corrected chi connectivity index (χ4v) is 3.63. The summed E-state index contributed by atoms with van der Waals surface area (Å²) in [4.78, 5) is 2.44. The van der Waals surface area contributed by atoms with E-state index in [4.69, 9.17) is 17.3 Å². The summed E-state index contributed by atoms with van der Waals surface area (Å²) in [6.45, 7) is 2.97. The van der Waals surface area contributed by atoms with Crippen LogP contribution in [0.2, 0.25) is 5.02 Å². The highest BCUT2D eigenvalue weighted by molar-refractivity contribution is 7.07. The Morgan fingerprint density at radius 1 is 1.33 bits per heavy atom. The van der Waals surface area contributed by atoms with Gasteiger partial charge in [-0.2, -0.15) is 11.3 Å². The Hall–Kier alpha value is -1.03. The molecule has 3 rings (SSSR count). The molecule has 0 saturated heterocycles. The Morgan fingerprint density at radius 3 is 2.71 bits per heavy atom. The lowest BCUT2D eigenvalue weighted by Crippen LogP contribution is -2.25. The van der Waals surface area contributed by atoms with Gasteiger partial charge in [-0.15, -0.1) is 0 Å². The lowest BCUT2D eigenvalue weighted by molar-refractivity contribution is 0.737. The summed E-state index contributed by atoms with van der Waals surface area (Å²) in [5.74, 6) is 0. The first-order chi connectivity index (χ1) is 10.1. The zero-order valence-corrected chi connectivity index (χ0v) is 13.8. The monoisotopic (exact) mass is 320 g/mol. The second-order valence-corrected chi connectivity index (χ2v) is 7.15. The average Bonchev–Trinajstić information content (AvgIpc) is 3.14. The number of halogens is 1. The fraction of sp³-hybridized carbons (Fsp3) is 0.412. The smallest absolute Gasteiger partial charge is 0.0642 e. The van der Waals surface area contributed by atoms with E-state index < -0.39 is 0 Å². The van der Waals surface area contributed by atoms with Crippen molar-refractivity contribution in [1.29, 1.82) is 0 Å². The van der Waals surface area contributed by atoms with Crippen molar-refractivity contribution in [3.63, 3.8) is 0 Å². The number of rotatable bonds is 6. The molecule has 0 spiro atoms. The van der Waals surface area contributed by atoms with Crippen LogP contribution in [-0.2, 0) is 13.0 Å². The Labute approximate surface area is 135 Å². The highest BCUT2D eigenvalue weighted by atomic mass is 35.5. The van der Waals surface area contributed by atoms with Gasteiger partial charge in [-0.1, -0.05) is 17.7 Å². The summed E-state index contributed by atoms with van der Waals surface area (Å²) in [5, 5.41) is 5.19. The lowest BCUT2D eigenvalue weighted by Gasteiger charge is -2.26. The van der Waals surface area contributed by atoms with E-state index in [-0.39, 0.29) is 6.04 Å². The van der Waals surface area contributed by atoms with E-state index in [1.165, 1.54) is 24.0 Å². The number of anilines is 1. The molecule has 2 N–H and O–H groups in total. The van der Waals surface area contributed by atoms with Crippen LogP contribution in [0, 0.1) is 0 Å². The minimum Gasteiger partial charge on any atom is -0.363 e. The molecule has 1 aromatic heterocycles. The topological polar surface area (TPSA) is 29.3 Å². The van der Waals surface area contributed by atoms with Crippen molar-refractivity contribution in [2.45, 2.75) is 44.8 Å². The van der Waals surface area contributed by atoms with Crippen LogP contribution >= 0.6 is 22.9 Å². The van der Waals surface area contributed by atoms with Gasteiger partial charge in [0.25, 0.3) is 0 Å². The lowest BCUT2D eigenvalue weighted by atomic mass is 10.1. The van der Waals surface area contributed by atoms with E-state index in [0.29, 0.717) is 6.04 Å². The zero-order valence-electron chi connectivity index (χ0n) is 12.3. The molecule has 1 heterocycles. The van der Waals surface area contributed by atoms with Gasteiger partial charge >= 0.3 is 0 Å². The van der Waals surface area contributed by atoms with Crippen LogP contribution in [0.1, 0.15) is 30.9 Å². The second kappa shape index (κ2) is 6.39. The summed E-state index contributed by atoms with van der Waals surface area (Å²) in [6, 6.07) is 9.39. The molecule has 2 aromatic rings. The second-order valence-electron chi connectivity index (χ2n) is 5.96. The van der Waals surface area contributed by atoms with Gasteiger partial charge in [-0.05, 0) is 66.3 Å². The van der Waals surface area contributed by atoms with Crippen LogP contribution in [0.15, 0.2) is 35.0 Å². The molecule has 4 heteroatoms. The molecule has 0 radical (unpaired) electrons. The number of benzene rings is 1. The van der Waals surface area contributed by atoms with Crippen LogP contribution in [0.3, 0.4) is 0 Å². The molecule has 0 bridgehead atoms. The molecule has 1 atom stereocenters. The summed E-state index contributed by atoms with van der Waals surface area (Å²) < 4.78 is 0. The van der Waals surface area contributed by atoms with Gasteiger partial charge in [-0.25, -0.2) is 0 Å². The predicted molar refractivity (Wildman–Crippen MR) is 92.3 cm³/mol. The number of hydrogen-bond acceptors (Lipinski definition) is 3. The van der Waals surface area contributed by atoms with Gasteiger partial charge in [0.05, 0.1) is 10.7 Å². The summed E-state index contributed by atoms with van der Waals surface area (Å²) in [5.41, 5.74) is 9.60. The van der Waals surface area contributed by atoms with Crippen molar-refractivity contribution in [3.05, 3.63) is 51.2 Å². The normalized spacial score (nSPS) is 16.0. The number of nitrogens with two attached hydrogens (primary N) is 1. The zero-order chi connectivity index (χ0) is 14.8. The van der Waals surface area contributed by atoms with E-state index >= 15 is 0 Å². The standard InChI is InChI=1S/C17H21ClN2S/c1-12(19)8-13-2-5-17(16(18)9-13)20(15-3-4-15)10-14-6-7-21-11-14/h2,5-7,9,11-12,15H,3-4,8,10,19H2,1H3. The van der Waals surface area contributed by atoms with Crippen molar-refractivity contribution >= 4 is 28.6 Å². The fourth-order valence-electron chi connectivity index (χ4n) is 2.66. The van der Waals surface area contributed by atoms with E-state index in [0.717, 1.165) is 23.7 Å². The molecular formula is C17H21ClN2S. The van der Waals surface area contributed by atoms with Crippen LogP contribution in [0.4, 0.5) is 5.69 Å². The Morgan fingerprint density at radius 2 is 2.14 bits per heavy atom. The molecule has 112 valence electrons. The average molecular weight is 321 g/mol. The Kier molecular flexibility index (Phi) is 4.53. The molecular weight excluding hydrogens is 300 g/mol. The molecule has 2 nitrogen and oxygen atoms in total. The third kappa shape index (κ3) is 3.79.